The fourth-order valence-corrected chi connectivity index (χ4v) is 3.43. The summed E-state index contributed by atoms with van der Waals surface area (Å²) in [7, 11) is 0. The number of morpholine rings is 1. The molecule has 0 aliphatic carbocycles. The summed E-state index contributed by atoms with van der Waals surface area (Å²) in [6.45, 7) is 8.29. The zero-order valence-electron chi connectivity index (χ0n) is 14.1. The average Bonchev–Trinajstić information content (AvgIpc) is 2.83. The van der Waals surface area contributed by atoms with Crippen LogP contribution in [0.1, 0.15) is 46.0 Å². The van der Waals surface area contributed by atoms with Gasteiger partial charge in [-0.3, -0.25) is 9.59 Å². The minimum atomic E-state index is -0.0935. The van der Waals surface area contributed by atoms with E-state index in [2.05, 4.69) is 0 Å². The number of likely N-dealkylation sites (tertiary alicyclic amines) is 1. The van der Waals surface area contributed by atoms with Crippen LogP contribution in [0.15, 0.2) is 0 Å². The molecule has 2 heterocycles. The third-order valence-electron chi connectivity index (χ3n) is 4.79. The summed E-state index contributed by atoms with van der Waals surface area (Å²) in [5.74, 6) is 0.226. The standard InChI is InChI=1S/C17H30N2O3/c1-14(16(20)18-7-5-3-4-6-8-18)13-15(2)17(21)19-9-11-22-12-10-19/h14-15H,3-13H2,1-2H3. The molecule has 0 aromatic heterocycles. The molecule has 5 heteroatoms. The van der Waals surface area contributed by atoms with E-state index >= 15 is 0 Å². The minimum Gasteiger partial charge on any atom is -0.378 e. The molecule has 2 amide bonds. The molecule has 0 saturated carbocycles. The molecular formula is C17H30N2O3. The zero-order chi connectivity index (χ0) is 15.9. The van der Waals surface area contributed by atoms with Gasteiger partial charge in [-0.2, -0.15) is 0 Å². The summed E-state index contributed by atoms with van der Waals surface area (Å²) < 4.78 is 5.29. The van der Waals surface area contributed by atoms with Gasteiger partial charge in [0.05, 0.1) is 13.2 Å². The smallest absolute Gasteiger partial charge is 0.225 e. The topological polar surface area (TPSA) is 49.9 Å². The average molecular weight is 310 g/mol. The fourth-order valence-electron chi connectivity index (χ4n) is 3.43. The van der Waals surface area contributed by atoms with Crippen LogP contribution in [0.5, 0.6) is 0 Å². The van der Waals surface area contributed by atoms with Crippen molar-refractivity contribution in [2.24, 2.45) is 11.8 Å². The molecule has 2 unspecified atom stereocenters. The molecule has 2 fully saturated rings. The number of hydrogen-bond acceptors (Lipinski definition) is 3. The fraction of sp³-hybridized carbons (Fsp3) is 0.882. The highest BCUT2D eigenvalue weighted by molar-refractivity contribution is 5.81. The molecule has 0 radical (unpaired) electrons. The van der Waals surface area contributed by atoms with Crippen molar-refractivity contribution in [3.05, 3.63) is 0 Å². The van der Waals surface area contributed by atoms with E-state index in [0.29, 0.717) is 32.7 Å². The molecule has 0 aromatic rings. The third kappa shape index (κ3) is 4.70. The number of ether oxygens (including phenoxy) is 1. The van der Waals surface area contributed by atoms with Gasteiger partial charge >= 0.3 is 0 Å². The van der Waals surface area contributed by atoms with Crippen molar-refractivity contribution < 1.29 is 14.3 Å². The molecule has 126 valence electrons. The van der Waals surface area contributed by atoms with Gasteiger partial charge < -0.3 is 14.5 Å². The Bertz CT molecular complexity index is 372. The lowest BCUT2D eigenvalue weighted by Gasteiger charge is -2.30. The Hall–Kier alpha value is -1.10. The van der Waals surface area contributed by atoms with Crippen LogP contribution in [0.4, 0.5) is 0 Å². The summed E-state index contributed by atoms with van der Waals surface area (Å²) in [6.07, 6.45) is 5.32. The Morgan fingerprint density at radius 2 is 1.27 bits per heavy atom. The number of carbonyl (C=O) groups excluding carboxylic acids is 2. The molecule has 2 atom stereocenters. The number of rotatable bonds is 4. The Labute approximate surface area is 134 Å². The van der Waals surface area contributed by atoms with E-state index in [4.69, 9.17) is 4.74 Å². The highest BCUT2D eigenvalue weighted by Crippen LogP contribution is 2.19. The van der Waals surface area contributed by atoms with Gasteiger partial charge in [0.2, 0.25) is 11.8 Å². The van der Waals surface area contributed by atoms with Crippen LogP contribution in [0, 0.1) is 11.8 Å². The number of amides is 2. The van der Waals surface area contributed by atoms with Crippen LogP contribution in [-0.2, 0) is 14.3 Å². The molecule has 22 heavy (non-hydrogen) atoms. The van der Waals surface area contributed by atoms with E-state index < -0.39 is 0 Å². The molecule has 5 nitrogen and oxygen atoms in total. The Morgan fingerprint density at radius 3 is 1.77 bits per heavy atom. The largest absolute Gasteiger partial charge is 0.378 e. The van der Waals surface area contributed by atoms with Crippen molar-refractivity contribution in [3.63, 3.8) is 0 Å². The number of carbonyl (C=O) groups is 2. The maximum absolute atomic E-state index is 12.6. The molecule has 2 saturated heterocycles. The van der Waals surface area contributed by atoms with E-state index in [1.807, 2.05) is 23.6 Å². The summed E-state index contributed by atoms with van der Waals surface area (Å²) >= 11 is 0. The van der Waals surface area contributed by atoms with Gasteiger partial charge in [0, 0.05) is 38.0 Å². The zero-order valence-corrected chi connectivity index (χ0v) is 14.1. The van der Waals surface area contributed by atoms with E-state index in [0.717, 1.165) is 25.9 Å². The van der Waals surface area contributed by atoms with Crippen LogP contribution in [-0.4, -0.2) is 61.0 Å². The van der Waals surface area contributed by atoms with Crippen LogP contribution in [0.2, 0.25) is 0 Å². The minimum absolute atomic E-state index is 0.0712. The Morgan fingerprint density at radius 1 is 0.818 bits per heavy atom. The van der Waals surface area contributed by atoms with Crippen molar-refractivity contribution in [2.45, 2.75) is 46.0 Å². The lowest BCUT2D eigenvalue weighted by Crippen LogP contribution is -2.44. The first-order valence-electron chi connectivity index (χ1n) is 8.75. The number of hydrogen-bond donors (Lipinski definition) is 0. The van der Waals surface area contributed by atoms with Crippen LogP contribution < -0.4 is 0 Å². The second kappa shape index (κ2) is 8.51. The van der Waals surface area contributed by atoms with Crippen molar-refractivity contribution in [2.75, 3.05) is 39.4 Å². The molecule has 0 N–H and O–H groups in total. The van der Waals surface area contributed by atoms with E-state index in [1.165, 1.54) is 12.8 Å². The molecule has 0 spiro atoms. The number of nitrogens with zero attached hydrogens (tertiary/aromatic N) is 2. The molecule has 2 rings (SSSR count). The van der Waals surface area contributed by atoms with Gasteiger partial charge in [0.1, 0.15) is 0 Å². The molecule has 2 aliphatic rings. The second-order valence-corrected chi connectivity index (χ2v) is 6.71. The normalized spacial score (nSPS) is 22.8. The van der Waals surface area contributed by atoms with E-state index in [-0.39, 0.29) is 23.7 Å². The van der Waals surface area contributed by atoms with Crippen LogP contribution in [0.25, 0.3) is 0 Å². The highest BCUT2D eigenvalue weighted by atomic mass is 16.5. The SMILES string of the molecule is CC(CC(C)C(=O)N1CCOCC1)C(=O)N1CCCCCC1. The summed E-state index contributed by atoms with van der Waals surface area (Å²) in [5.41, 5.74) is 0. The van der Waals surface area contributed by atoms with E-state index in [9.17, 15) is 9.59 Å². The Kier molecular flexibility index (Phi) is 6.68. The maximum atomic E-state index is 12.6. The van der Waals surface area contributed by atoms with Gasteiger partial charge in [-0.05, 0) is 19.3 Å². The van der Waals surface area contributed by atoms with Crippen molar-refractivity contribution >= 4 is 11.8 Å². The van der Waals surface area contributed by atoms with Gasteiger partial charge in [-0.15, -0.1) is 0 Å². The van der Waals surface area contributed by atoms with Crippen molar-refractivity contribution in [3.8, 4) is 0 Å². The van der Waals surface area contributed by atoms with Crippen LogP contribution in [0.3, 0.4) is 0 Å². The van der Waals surface area contributed by atoms with Gasteiger partial charge in [-0.1, -0.05) is 26.7 Å². The maximum Gasteiger partial charge on any atom is 0.225 e. The monoisotopic (exact) mass is 310 g/mol. The van der Waals surface area contributed by atoms with Gasteiger partial charge in [-0.25, -0.2) is 0 Å². The van der Waals surface area contributed by atoms with Gasteiger partial charge in [0.25, 0.3) is 0 Å². The van der Waals surface area contributed by atoms with Crippen molar-refractivity contribution in [1.82, 2.24) is 9.80 Å². The molecule has 0 aromatic carbocycles. The highest BCUT2D eigenvalue weighted by Gasteiger charge is 2.28. The molecular weight excluding hydrogens is 280 g/mol. The lowest BCUT2D eigenvalue weighted by molar-refractivity contribution is -0.141. The molecule has 0 bridgehead atoms. The predicted octanol–water partition coefficient (Wildman–Crippen LogP) is 1.91. The first-order chi connectivity index (χ1) is 10.6. The first kappa shape index (κ1) is 17.3. The van der Waals surface area contributed by atoms with Crippen molar-refractivity contribution in [1.29, 1.82) is 0 Å². The summed E-state index contributed by atoms with van der Waals surface area (Å²) in [4.78, 5) is 28.9. The summed E-state index contributed by atoms with van der Waals surface area (Å²) in [5, 5.41) is 0. The van der Waals surface area contributed by atoms with E-state index in [1.54, 1.807) is 0 Å². The first-order valence-corrected chi connectivity index (χ1v) is 8.75. The predicted molar refractivity (Wildman–Crippen MR) is 85.4 cm³/mol. The van der Waals surface area contributed by atoms with Gasteiger partial charge in [0.15, 0.2) is 0 Å². The third-order valence-corrected chi connectivity index (χ3v) is 4.79. The lowest BCUT2D eigenvalue weighted by atomic mass is 9.94. The second-order valence-electron chi connectivity index (χ2n) is 6.71. The van der Waals surface area contributed by atoms with Crippen LogP contribution >= 0.6 is 0 Å². The summed E-state index contributed by atoms with van der Waals surface area (Å²) in [6, 6.07) is 0. The quantitative estimate of drug-likeness (QED) is 0.797. The Balaban J connectivity index is 1.82. The molecule has 2 aliphatic heterocycles.